The lowest BCUT2D eigenvalue weighted by Gasteiger charge is -2.25. The maximum Gasteiger partial charge on any atom is 0.295 e. The number of likely N-dealkylation sites (tertiary alicyclic amines) is 1. The van der Waals surface area contributed by atoms with E-state index in [1.807, 2.05) is 6.07 Å². The topological polar surface area (TPSA) is 108 Å². The van der Waals surface area contributed by atoms with Gasteiger partial charge in [0, 0.05) is 24.6 Å². The number of aliphatic hydroxyl groups is 1. The highest BCUT2D eigenvalue weighted by atomic mass is 16.5. The molecule has 3 heterocycles. The first-order chi connectivity index (χ1) is 14.9. The number of methoxy groups -OCH3 is 1. The molecule has 1 fully saturated rings. The van der Waals surface area contributed by atoms with Gasteiger partial charge in [0.2, 0.25) is 0 Å². The van der Waals surface area contributed by atoms with Gasteiger partial charge in [-0.05, 0) is 43.2 Å². The van der Waals surface area contributed by atoms with Crippen LogP contribution in [0.3, 0.4) is 0 Å². The van der Waals surface area contributed by atoms with Crippen LogP contribution < -0.4 is 4.74 Å². The normalized spacial score (nSPS) is 17.9. The van der Waals surface area contributed by atoms with Gasteiger partial charge in [0.1, 0.15) is 11.5 Å². The van der Waals surface area contributed by atoms with Crippen LogP contribution in [0.2, 0.25) is 0 Å². The van der Waals surface area contributed by atoms with Crippen molar-refractivity contribution >= 4 is 17.4 Å². The first kappa shape index (κ1) is 20.3. The maximum atomic E-state index is 13.1. The molecule has 2 aromatic heterocycles. The number of carbonyl (C=O) groups excluding carboxylic acids is 2. The molecule has 1 unspecified atom stereocenters. The largest absolute Gasteiger partial charge is 0.507 e. The van der Waals surface area contributed by atoms with Crippen LogP contribution >= 0.6 is 0 Å². The highest BCUT2D eigenvalue weighted by Crippen LogP contribution is 2.41. The van der Waals surface area contributed by atoms with Crippen molar-refractivity contribution in [2.75, 3.05) is 7.11 Å². The van der Waals surface area contributed by atoms with Crippen LogP contribution in [0.4, 0.5) is 0 Å². The van der Waals surface area contributed by atoms with Gasteiger partial charge in [0.05, 0.1) is 30.0 Å². The zero-order chi connectivity index (χ0) is 22.1. The van der Waals surface area contributed by atoms with Crippen LogP contribution in [-0.2, 0) is 16.1 Å². The van der Waals surface area contributed by atoms with Crippen LogP contribution in [0.15, 0.2) is 54.4 Å². The summed E-state index contributed by atoms with van der Waals surface area (Å²) in [4.78, 5) is 31.7. The Kier molecular flexibility index (Phi) is 5.29. The van der Waals surface area contributed by atoms with E-state index in [4.69, 9.17) is 4.74 Å². The molecule has 1 aliphatic rings. The van der Waals surface area contributed by atoms with Gasteiger partial charge in [-0.25, -0.2) is 0 Å². The second-order valence-electron chi connectivity index (χ2n) is 7.37. The third kappa shape index (κ3) is 3.56. The molecule has 0 spiro atoms. The highest BCUT2D eigenvalue weighted by molar-refractivity contribution is 6.46. The van der Waals surface area contributed by atoms with E-state index in [2.05, 4.69) is 15.2 Å². The van der Waals surface area contributed by atoms with E-state index in [-0.39, 0.29) is 17.9 Å². The molecule has 1 amide bonds. The molecule has 31 heavy (non-hydrogen) atoms. The monoisotopic (exact) mass is 418 g/mol. The van der Waals surface area contributed by atoms with Crippen molar-refractivity contribution in [1.82, 2.24) is 20.1 Å². The Morgan fingerprint density at radius 2 is 2.03 bits per heavy atom. The summed E-state index contributed by atoms with van der Waals surface area (Å²) in [5, 5.41) is 18.1. The summed E-state index contributed by atoms with van der Waals surface area (Å²) in [5.74, 6) is -1.09. The fourth-order valence-corrected chi connectivity index (χ4v) is 3.92. The highest BCUT2D eigenvalue weighted by Gasteiger charge is 2.46. The van der Waals surface area contributed by atoms with Crippen LogP contribution in [0.1, 0.15) is 34.1 Å². The molecule has 1 aromatic carbocycles. The predicted octanol–water partition coefficient (Wildman–Crippen LogP) is 3.05. The maximum absolute atomic E-state index is 13.1. The fourth-order valence-electron chi connectivity index (χ4n) is 3.92. The number of ketones is 1. The first-order valence-electron chi connectivity index (χ1n) is 9.75. The van der Waals surface area contributed by atoms with Crippen LogP contribution in [0, 0.1) is 13.8 Å². The fraction of sp³-hybridized carbons (Fsp3) is 0.217. The Balaban J connectivity index is 1.91. The molecular weight excluding hydrogens is 396 g/mol. The summed E-state index contributed by atoms with van der Waals surface area (Å²) in [6.45, 7) is 3.65. The number of rotatable bonds is 5. The van der Waals surface area contributed by atoms with Crippen molar-refractivity contribution in [2.24, 2.45) is 0 Å². The number of ether oxygens (including phenoxy) is 1. The molecule has 0 saturated carbocycles. The zero-order valence-electron chi connectivity index (χ0n) is 17.4. The van der Waals surface area contributed by atoms with E-state index < -0.39 is 17.7 Å². The van der Waals surface area contributed by atoms with E-state index in [0.717, 1.165) is 5.56 Å². The number of hydrogen-bond acceptors (Lipinski definition) is 6. The number of H-pyrrole nitrogens is 1. The first-order valence-corrected chi connectivity index (χ1v) is 9.75. The molecule has 1 aliphatic heterocycles. The van der Waals surface area contributed by atoms with Gasteiger partial charge in [-0.15, -0.1) is 0 Å². The van der Waals surface area contributed by atoms with E-state index in [1.54, 1.807) is 63.7 Å². The Labute approximate surface area is 179 Å². The van der Waals surface area contributed by atoms with E-state index in [0.29, 0.717) is 28.3 Å². The predicted molar refractivity (Wildman–Crippen MR) is 113 cm³/mol. The number of aryl methyl sites for hydroxylation is 2. The second kappa shape index (κ2) is 8.06. The van der Waals surface area contributed by atoms with Gasteiger partial charge < -0.3 is 14.7 Å². The summed E-state index contributed by atoms with van der Waals surface area (Å²) in [6, 6.07) is 9.94. The summed E-state index contributed by atoms with van der Waals surface area (Å²) < 4.78 is 5.34. The van der Waals surface area contributed by atoms with Gasteiger partial charge in [-0.2, -0.15) is 5.10 Å². The molecule has 0 aliphatic carbocycles. The summed E-state index contributed by atoms with van der Waals surface area (Å²) in [5.41, 5.74) is 3.02. The van der Waals surface area contributed by atoms with Crippen molar-refractivity contribution < 1.29 is 19.4 Å². The minimum Gasteiger partial charge on any atom is -0.507 e. The molecule has 158 valence electrons. The van der Waals surface area contributed by atoms with Crippen LogP contribution in [-0.4, -0.2) is 44.0 Å². The number of hydrogen-bond donors (Lipinski definition) is 2. The van der Waals surface area contributed by atoms with Gasteiger partial charge in [0.15, 0.2) is 0 Å². The third-order valence-electron chi connectivity index (χ3n) is 5.39. The van der Waals surface area contributed by atoms with Crippen molar-refractivity contribution in [1.29, 1.82) is 0 Å². The minimum absolute atomic E-state index is 0.0229. The zero-order valence-corrected chi connectivity index (χ0v) is 17.4. The second-order valence-corrected chi connectivity index (χ2v) is 7.37. The van der Waals surface area contributed by atoms with Gasteiger partial charge in [0.25, 0.3) is 11.7 Å². The SMILES string of the molecule is COc1cccc(C2/C(=C(\O)c3c(C)n[nH]c3C)C(=O)C(=O)N2Cc2cccnc2)c1. The number of amides is 1. The van der Waals surface area contributed by atoms with Gasteiger partial charge in [-0.3, -0.25) is 19.7 Å². The number of aromatic amines is 1. The number of carbonyl (C=O) groups is 2. The van der Waals surface area contributed by atoms with Gasteiger partial charge >= 0.3 is 0 Å². The number of nitrogens with one attached hydrogen (secondary N) is 1. The molecular formula is C23H22N4O4. The van der Waals surface area contributed by atoms with E-state index in [1.165, 1.54) is 4.90 Å². The molecule has 2 N–H and O–H groups in total. The quantitative estimate of drug-likeness (QED) is 0.375. The Morgan fingerprint density at radius 3 is 2.68 bits per heavy atom. The summed E-state index contributed by atoms with van der Waals surface area (Å²) in [7, 11) is 1.55. The van der Waals surface area contributed by atoms with Crippen LogP contribution in [0.5, 0.6) is 5.75 Å². The van der Waals surface area contributed by atoms with Crippen molar-refractivity contribution in [3.8, 4) is 5.75 Å². The smallest absolute Gasteiger partial charge is 0.295 e. The average Bonchev–Trinajstić information content (AvgIpc) is 3.25. The van der Waals surface area contributed by atoms with Crippen molar-refractivity contribution in [3.63, 3.8) is 0 Å². The molecule has 8 nitrogen and oxygen atoms in total. The van der Waals surface area contributed by atoms with Crippen LogP contribution in [0.25, 0.3) is 5.76 Å². The minimum atomic E-state index is -0.788. The molecule has 4 rings (SSSR count). The number of nitrogens with zero attached hydrogens (tertiary/aromatic N) is 3. The van der Waals surface area contributed by atoms with Gasteiger partial charge in [-0.1, -0.05) is 18.2 Å². The summed E-state index contributed by atoms with van der Waals surface area (Å²) >= 11 is 0. The molecule has 3 aromatic rings. The number of pyridine rings is 1. The van der Waals surface area contributed by atoms with Crippen molar-refractivity contribution in [2.45, 2.75) is 26.4 Å². The number of aliphatic hydroxyl groups excluding tert-OH is 1. The molecule has 1 atom stereocenters. The standard InChI is InChI=1S/C23H22N4O4/c1-13-18(14(2)26-25-13)21(28)19-20(16-7-4-8-17(10-16)31-3)27(23(30)22(19)29)12-15-6-5-9-24-11-15/h4-11,20,28H,12H2,1-3H3,(H,25,26)/b21-19+. The lowest BCUT2D eigenvalue weighted by atomic mass is 9.94. The molecule has 8 heteroatoms. The molecule has 0 radical (unpaired) electrons. The Bertz CT molecular complexity index is 1160. The number of aromatic nitrogens is 3. The molecule has 1 saturated heterocycles. The van der Waals surface area contributed by atoms with E-state index in [9.17, 15) is 14.7 Å². The number of Topliss-reactive ketones (excluding diaryl/α,β-unsaturated/α-hetero) is 1. The van der Waals surface area contributed by atoms with Crippen molar-refractivity contribution in [3.05, 3.63) is 82.4 Å². The average molecular weight is 418 g/mol. The Morgan fingerprint density at radius 1 is 1.23 bits per heavy atom. The number of benzene rings is 1. The summed E-state index contributed by atoms with van der Waals surface area (Å²) in [6.07, 6.45) is 3.29. The lowest BCUT2D eigenvalue weighted by Crippen LogP contribution is -2.29. The lowest BCUT2D eigenvalue weighted by molar-refractivity contribution is -0.140. The van der Waals surface area contributed by atoms with E-state index >= 15 is 0 Å². The third-order valence-corrected chi connectivity index (χ3v) is 5.39. The Hall–Kier alpha value is -3.94. The molecule has 0 bridgehead atoms.